The predicted octanol–water partition coefficient (Wildman–Crippen LogP) is 1.92. The van der Waals surface area contributed by atoms with Crippen molar-refractivity contribution in [3.05, 3.63) is 42.7 Å². The van der Waals surface area contributed by atoms with Crippen LogP contribution in [-0.2, 0) is 0 Å². The van der Waals surface area contributed by atoms with E-state index in [0.29, 0.717) is 6.54 Å². The van der Waals surface area contributed by atoms with Gasteiger partial charge in [-0.2, -0.15) is 5.10 Å². The van der Waals surface area contributed by atoms with Gasteiger partial charge in [0, 0.05) is 12.4 Å². The van der Waals surface area contributed by atoms with E-state index in [-0.39, 0.29) is 0 Å². The minimum atomic E-state index is 0.512. The lowest BCUT2D eigenvalue weighted by Crippen LogP contribution is -2.04. The zero-order chi connectivity index (χ0) is 10.5. The molecule has 0 saturated carbocycles. The van der Waals surface area contributed by atoms with Gasteiger partial charge in [0.15, 0.2) is 0 Å². The Morgan fingerprint density at radius 1 is 1.33 bits per heavy atom. The van der Waals surface area contributed by atoms with Crippen molar-refractivity contribution in [2.24, 2.45) is 0 Å². The highest BCUT2D eigenvalue weighted by atomic mass is 15.3. The van der Waals surface area contributed by atoms with Crippen LogP contribution in [0, 0.1) is 12.3 Å². The Hall–Kier alpha value is -2.21. The minimum Gasteiger partial charge on any atom is -0.372 e. The van der Waals surface area contributed by atoms with Gasteiger partial charge in [0.25, 0.3) is 0 Å². The van der Waals surface area contributed by atoms with Crippen LogP contribution in [0.25, 0.3) is 5.69 Å². The van der Waals surface area contributed by atoms with E-state index in [2.05, 4.69) is 16.3 Å². The zero-order valence-corrected chi connectivity index (χ0v) is 8.22. The third kappa shape index (κ3) is 2.00. The summed E-state index contributed by atoms with van der Waals surface area (Å²) < 4.78 is 1.80. The molecule has 0 atom stereocenters. The highest BCUT2D eigenvalue weighted by Crippen LogP contribution is 2.18. The van der Waals surface area contributed by atoms with Crippen molar-refractivity contribution < 1.29 is 0 Å². The van der Waals surface area contributed by atoms with E-state index < -0.39 is 0 Å². The Morgan fingerprint density at radius 3 is 2.93 bits per heavy atom. The molecule has 0 fully saturated rings. The van der Waals surface area contributed by atoms with Crippen LogP contribution >= 0.6 is 0 Å². The van der Waals surface area contributed by atoms with Crippen LogP contribution < -0.4 is 5.32 Å². The van der Waals surface area contributed by atoms with Crippen LogP contribution in [0.2, 0.25) is 0 Å². The number of aromatic nitrogens is 2. The molecule has 0 aliphatic rings. The Balaban J connectivity index is 2.35. The third-order valence-electron chi connectivity index (χ3n) is 2.04. The van der Waals surface area contributed by atoms with Gasteiger partial charge in [0.1, 0.15) is 0 Å². The van der Waals surface area contributed by atoms with Crippen molar-refractivity contribution in [2.75, 3.05) is 11.9 Å². The first-order valence-electron chi connectivity index (χ1n) is 4.68. The van der Waals surface area contributed by atoms with Crippen molar-refractivity contribution in [3.8, 4) is 18.0 Å². The highest BCUT2D eigenvalue weighted by molar-refractivity contribution is 5.60. The first kappa shape index (κ1) is 9.35. The summed E-state index contributed by atoms with van der Waals surface area (Å²) in [5, 5.41) is 7.33. The summed E-state index contributed by atoms with van der Waals surface area (Å²) in [7, 11) is 0. The van der Waals surface area contributed by atoms with Crippen LogP contribution in [-0.4, -0.2) is 16.3 Å². The number of nitrogens with zero attached hydrogens (tertiary/aromatic N) is 2. The molecular formula is C12H11N3. The van der Waals surface area contributed by atoms with E-state index in [1.165, 1.54) is 0 Å². The minimum absolute atomic E-state index is 0.512. The molecule has 1 aromatic heterocycles. The fourth-order valence-electron chi connectivity index (χ4n) is 1.38. The first-order chi connectivity index (χ1) is 7.42. The van der Waals surface area contributed by atoms with Gasteiger partial charge in [-0.1, -0.05) is 18.1 Å². The summed E-state index contributed by atoms with van der Waals surface area (Å²) in [5.74, 6) is 2.55. The molecule has 1 aromatic carbocycles. The number of benzene rings is 1. The standard InChI is InChI=1S/C12H11N3/c1-2-8-13-11-6-3-4-7-12(11)15-10-5-9-14-15/h1,3-7,9-10,13H,8H2. The lowest BCUT2D eigenvalue weighted by Gasteiger charge is -2.09. The van der Waals surface area contributed by atoms with E-state index in [1.807, 2.05) is 36.5 Å². The second-order valence-corrected chi connectivity index (χ2v) is 3.03. The Labute approximate surface area is 88.7 Å². The SMILES string of the molecule is C#CCNc1ccccc1-n1cccn1. The summed E-state index contributed by atoms with van der Waals surface area (Å²) in [6, 6.07) is 9.79. The summed E-state index contributed by atoms with van der Waals surface area (Å²) in [5.41, 5.74) is 1.98. The van der Waals surface area contributed by atoms with E-state index in [4.69, 9.17) is 6.42 Å². The van der Waals surface area contributed by atoms with Crippen molar-refractivity contribution in [2.45, 2.75) is 0 Å². The number of terminal acetylenes is 1. The molecule has 3 heteroatoms. The van der Waals surface area contributed by atoms with Gasteiger partial charge < -0.3 is 5.32 Å². The lowest BCUT2D eigenvalue weighted by atomic mass is 10.2. The molecule has 0 aliphatic carbocycles. The smallest absolute Gasteiger partial charge is 0.0877 e. The molecule has 0 aliphatic heterocycles. The van der Waals surface area contributed by atoms with Crippen LogP contribution in [0.15, 0.2) is 42.7 Å². The Bertz CT molecular complexity index is 466. The Kier molecular flexibility index (Phi) is 2.70. The Morgan fingerprint density at radius 2 is 2.20 bits per heavy atom. The van der Waals surface area contributed by atoms with Crippen molar-refractivity contribution >= 4 is 5.69 Å². The third-order valence-corrected chi connectivity index (χ3v) is 2.04. The van der Waals surface area contributed by atoms with Gasteiger partial charge in [0.05, 0.1) is 17.9 Å². The fraction of sp³-hybridized carbons (Fsp3) is 0.0833. The molecule has 2 aromatic rings. The molecule has 0 radical (unpaired) electrons. The molecular weight excluding hydrogens is 186 g/mol. The number of para-hydroxylation sites is 2. The molecule has 2 rings (SSSR count). The molecule has 15 heavy (non-hydrogen) atoms. The van der Waals surface area contributed by atoms with Gasteiger partial charge in [-0.05, 0) is 18.2 Å². The monoisotopic (exact) mass is 197 g/mol. The molecule has 0 spiro atoms. The molecule has 3 nitrogen and oxygen atoms in total. The molecule has 1 N–H and O–H groups in total. The van der Waals surface area contributed by atoms with Gasteiger partial charge in [0.2, 0.25) is 0 Å². The summed E-state index contributed by atoms with van der Waals surface area (Å²) >= 11 is 0. The number of hydrogen-bond acceptors (Lipinski definition) is 2. The molecule has 0 unspecified atom stereocenters. The maximum absolute atomic E-state index is 5.21. The van der Waals surface area contributed by atoms with Crippen molar-refractivity contribution in [1.82, 2.24) is 9.78 Å². The number of nitrogens with one attached hydrogen (secondary N) is 1. The second kappa shape index (κ2) is 4.34. The molecule has 0 amide bonds. The maximum atomic E-state index is 5.21. The average Bonchev–Trinajstić information content (AvgIpc) is 2.80. The molecule has 0 saturated heterocycles. The van der Waals surface area contributed by atoms with Gasteiger partial charge in [-0.15, -0.1) is 6.42 Å². The predicted molar refractivity (Wildman–Crippen MR) is 60.9 cm³/mol. The first-order valence-corrected chi connectivity index (χ1v) is 4.68. The van der Waals surface area contributed by atoms with Crippen molar-refractivity contribution in [3.63, 3.8) is 0 Å². The number of hydrogen-bond donors (Lipinski definition) is 1. The second-order valence-electron chi connectivity index (χ2n) is 3.03. The molecule has 74 valence electrons. The van der Waals surface area contributed by atoms with Gasteiger partial charge in [-0.25, -0.2) is 4.68 Å². The summed E-state index contributed by atoms with van der Waals surface area (Å²) in [6.45, 7) is 0.512. The topological polar surface area (TPSA) is 29.9 Å². The fourth-order valence-corrected chi connectivity index (χ4v) is 1.38. The highest BCUT2D eigenvalue weighted by Gasteiger charge is 2.01. The maximum Gasteiger partial charge on any atom is 0.0877 e. The number of rotatable bonds is 3. The lowest BCUT2D eigenvalue weighted by molar-refractivity contribution is 0.881. The van der Waals surface area contributed by atoms with E-state index in [0.717, 1.165) is 11.4 Å². The van der Waals surface area contributed by atoms with Crippen LogP contribution in [0.5, 0.6) is 0 Å². The van der Waals surface area contributed by atoms with Gasteiger partial charge >= 0.3 is 0 Å². The zero-order valence-electron chi connectivity index (χ0n) is 8.22. The van der Waals surface area contributed by atoms with Crippen LogP contribution in [0.4, 0.5) is 5.69 Å². The quantitative estimate of drug-likeness (QED) is 0.762. The summed E-state index contributed by atoms with van der Waals surface area (Å²) in [4.78, 5) is 0. The molecule has 0 bridgehead atoms. The van der Waals surface area contributed by atoms with E-state index in [1.54, 1.807) is 10.9 Å². The van der Waals surface area contributed by atoms with Gasteiger partial charge in [-0.3, -0.25) is 0 Å². The summed E-state index contributed by atoms with van der Waals surface area (Å²) in [6.07, 6.45) is 8.86. The normalized spacial score (nSPS) is 9.53. The average molecular weight is 197 g/mol. The van der Waals surface area contributed by atoms with Crippen LogP contribution in [0.3, 0.4) is 0 Å². The van der Waals surface area contributed by atoms with E-state index in [9.17, 15) is 0 Å². The largest absolute Gasteiger partial charge is 0.372 e. The van der Waals surface area contributed by atoms with Crippen molar-refractivity contribution in [1.29, 1.82) is 0 Å². The number of anilines is 1. The van der Waals surface area contributed by atoms with Crippen LogP contribution in [0.1, 0.15) is 0 Å². The molecule has 1 heterocycles. The van der Waals surface area contributed by atoms with E-state index >= 15 is 0 Å².